The number of fused-ring (bicyclic) bond motifs is 6. The van der Waals surface area contributed by atoms with Crippen molar-refractivity contribution in [1.82, 2.24) is 9.88 Å². The fraction of sp³-hybridized carbons (Fsp3) is 0.140. The van der Waals surface area contributed by atoms with Gasteiger partial charge in [-0.05, 0) is 76.2 Å². The van der Waals surface area contributed by atoms with Gasteiger partial charge in [-0.25, -0.2) is 0 Å². The molecular weight excluding hydrogens is 558 g/mol. The van der Waals surface area contributed by atoms with Crippen LogP contribution in [0, 0.1) is 5.92 Å². The first-order valence-electron chi connectivity index (χ1n) is 16.3. The standard InChI is InChI=1S/C43H35N3/c1-43(2)36-19-11-9-17-32(36)34-26-41-35(25-37(34)43)33-18-10-12-20-40(33)46(41)31-23-21-29(22-24-31)39-27-38(28-13-5-3-6-14-28)44-42(45-39)30-15-7-4-8-16-30/h3-13,15-28,42,44H,14H2,1-2H3. The topological polar surface area (TPSA) is 29.3 Å². The third kappa shape index (κ3) is 4.15. The highest BCUT2D eigenvalue weighted by Gasteiger charge is 2.36. The van der Waals surface area contributed by atoms with Crippen molar-refractivity contribution in [2.24, 2.45) is 10.9 Å². The van der Waals surface area contributed by atoms with Crippen LogP contribution < -0.4 is 5.32 Å². The second kappa shape index (κ2) is 10.3. The Bertz CT molecular complexity index is 2280. The lowest BCUT2D eigenvalue weighted by molar-refractivity contribution is 0.559. The molecule has 0 bridgehead atoms. The molecule has 1 aromatic heterocycles. The van der Waals surface area contributed by atoms with Gasteiger partial charge in [0, 0.05) is 33.5 Å². The number of hydrogen-bond donors (Lipinski definition) is 1. The maximum absolute atomic E-state index is 5.21. The molecule has 0 radical (unpaired) electrons. The van der Waals surface area contributed by atoms with Crippen LogP contribution >= 0.6 is 0 Å². The fourth-order valence-electron chi connectivity index (χ4n) is 7.75. The number of hydrogen-bond acceptors (Lipinski definition) is 2. The number of rotatable bonds is 4. The summed E-state index contributed by atoms with van der Waals surface area (Å²) < 4.78 is 2.43. The molecule has 3 aliphatic rings. The molecule has 46 heavy (non-hydrogen) atoms. The summed E-state index contributed by atoms with van der Waals surface area (Å²) >= 11 is 0. The molecule has 0 fully saturated rings. The maximum atomic E-state index is 5.21. The summed E-state index contributed by atoms with van der Waals surface area (Å²) in [7, 11) is 0. The van der Waals surface area contributed by atoms with E-state index in [4.69, 9.17) is 4.99 Å². The van der Waals surface area contributed by atoms with Crippen LogP contribution in [-0.4, -0.2) is 10.3 Å². The normalized spacial score (nSPS) is 19.4. The van der Waals surface area contributed by atoms with Gasteiger partial charge in [0.1, 0.15) is 6.17 Å². The Hall–Kier alpha value is -5.41. The molecule has 3 heteroatoms. The molecule has 2 aliphatic carbocycles. The van der Waals surface area contributed by atoms with Crippen molar-refractivity contribution >= 4 is 27.5 Å². The Kier molecular flexibility index (Phi) is 6.04. The smallest absolute Gasteiger partial charge is 0.145 e. The first kappa shape index (κ1) is 26.9. The number of benzene rings is 5. The van der Waals surface area contributed by atoms with Gasteiger partial charge in [0.2, 0.25) is 0 Å². The summed E-state index contributed by atoms with van der Waals surface area (Å²) in [6.45, 7) is 4.71. The monoisotopic (exact) mass is 593 g/mol. The summed E-state index contributed by atoms with van der Waals surface area (Å²) in [6, 6.07) is 42.1. The summed E-state index contributed by atoms with van der Waals surface area (Å²) in [4.78, 5) is 5.21. The van der Waals surface area contributed by atoms with E-state index < -0.39 is 0 Å². The van der Waals surface area contributed by atoms with E-state index in [1.165, 1.54) is 55.3 Å². The number of aliphatic imine (C=N–C) groups is 1. The van der Waals surface area contributed by atoms with E-state index in [2.05, 4.69) is 169 Å². The molecule has 9 rings (SSSR count). The van der Waals surface area contributed by atoms with Gasteiger partial charge in [0.15, 0.2) is 0 Å². The van der Waals surface area contributed by atoms with E-state index in [9.17, 15) is 0 Å². The van der Waals surface area contributed by atoms with Crippen LogP contribution in [0.15, 0.2) is 156 Å². The summed E-state index contributed by atoms with van der Waals surface area (Å²) in [5.41, 5.74) is 13.6. The Morgan fingerprint density at radius 2 is 1.50 bits per heavy atom. The van der Waals surface area contributed by atoms with Gasteiger partial charge in [-0.2, -0.15) is 0 Å². The van der Waals surface area contributed by atoms with E-state index in [-0.39, 0.29) is 11.6 Å². The molecule has 1 N–H and O–H groups in total. The second-order valence-corrected chi connectivity index (χ2v) is 13.2. The molecule has 2 heterocycles. The average Bonchev–Trinajstić information content (AvgIpc) is 3.56. The van der Waals surface area contributed by atoms with Crippen molar-refractivity contribution in [3.05, 3.63) is 174 Å². The van der Waals surface area contributed by atoms with Gasteiger partial charge < -0.3 is 9.88 Å². The summed E-state index contributed by atoms with van der Waals surface area (Å²) in [5.74, 6) is 0.315. The lowest BCUT2D eigenvalue weighted by atomic mass is 9.82. The predicted molar refractivity (Wildman–Crippen MR) is 192 cm³/mol. The molecule has 5 aromatic carbocycles. The molecule has 0 amide bonds. The van der Waals surface area contributed by atoms with Crippen LogP contribution in [0.2, 0.25) is 0 Å². The molecular formula is C43H35N3. The number of allylic oxidation sites excluding steroid dienone is 5. The first-order valence-corrected chi connectivity index (χ1v) is 16.3. The van der Waals surface area contributed by atoms with Gasteiger partial charge in [-0.1, -0.05) is 123 Å². The molecule has 222 valence electrons. The van der Waals surface area contributed by atoms with Crippen molar-refractivity contribution in [2.45, 2.75) is 31.8 Å². The Morgan fingerprint density at radius 1 is 0.717 bits per heavy atom. The highest BCUT2D eigenvalue weighted by atomic mass is 15.1. The van der Waals surface area contributed by atoms with Crippen molar-refractivity contribution in [2.75, 3.05) is 0 Å². The minimum atomic E-state index is -0.123. The van der Waals surface area contributed by atoms with E-state index in [1.54, 1.807) is 0 Å². The number of nitrogens with one attached hydrogen (secondary N) is 1. The maximum Gasteiger partial charge on any atom is 0.145 e. The van der Waals surface area contributed by atoms with E-state index >= 15 is 0 Å². The largest absolute Gasteiger partial charge is 0.363 e. The molecule has 3 nitrogen and oxygen atoms in total. The van der Waals surface area contributed by atoms with Gasteiger partial charge >= 0.3 is 0 Å². The van der Waals surface area contributed by atoms with Gasteiger partial charge in [-0.3, -0.25) is 4.99 Å². The summed E-state index contributed by atoms with van der Waals surface area (Å²) in [6.07, 6.45) is 11.9. The van der Waals surface area contributed by atoms with Gasteiger partial charge in [0.05, 0.1) is 16.7 Å². The van der Waals surface area contributed by atoms with Crippen molar-refractivity contribution < 1.29 is 0 Å². The Morgan fingerprint density at radius 3 is 2.33 bits per heavy atom. The van der Waals surface area contributed by atoms with Crippen LogP contribution in [0.5, 0.6) is 0 Å². The van der Waals surface area contributed by atoms with Crippen LogP contribution in [0.1, 0.15) is 48.7 Å². The Labute approximate surface area is 269 Å². The molecule has 1 aliphatic heterocycles. The second-order valence-electron chi connectivity index (χ2n) is 13.2. The van der Waals surface area contributed by atoms with Crippen molar-refractivity contribution in [3.63, 3.8) is 0 Å². The third-order valence-corrected chi connectivity index (χ3v) is 10.2. The quantitative estimate of drug-likeness (QED) is 0.217. The molecule has 2 unspecified atom stereocenters. The first-order chi connectivity index (χ1) is 22.6. The highest BCUT2D eigenvalue weighted by molar-refractivity contribution is 6.12. The third-order valence-electron chi connectivity index (χ3n) is 10.2. The average molecular weight is 594 g/mol. The molecule has 0 saturated heterocycles. The van der Waals surface area contributed by atoms with Crippen LogP contribution in [0.3, 0.4) is 0 Å². The van der Waals surface area contributed by atoms with Crippen LogP contribution in [0.4, 0.5) is 0 Å². The minimum absolute atomic E-state index is 0.0335. The SMILES string of the molecule is CC1(C)c2ccccc2-c2cc3c(cc21)c1ccccc1n3-c1ccc(C2=NC(c3ccccc3)NC(C3C=CC=CC3)=C2)cc1. The number of nitrogens with zero attached hydrogens (tertiary/aromatic N) is 2. The van der Waals surface area contributed by atoms with Crippen molar-refractivity contribution in [3.8, 4) is 16.8 Å². The zero-order valence-corrected chi connectivity index (χ0v) is 26.1. The highest BCUT2D eigenvalue weighted by Crippen LogP contribution is 2.50. The van der Waals surface area contributed by atoms with Crippen LogP contribution in [0.25, 0.3) is 38.6 Å². The number of para-hydroxylation sites is 1. The Balaban J connectivity index is 1.17. The zero-order valence-electron chi connectivity index (χ0n) is 26.1. The summed E-state index contributed by atoms with van der Waals surface area (Å²) in [5, 5.41) is 6.32. The van der Waals surface area contributed by atoms with Crippen molar-refractivity contribution in [1.29, 1.82) is 0 Å². The fourth-order valence-corrected chi connectivity index (χ4v) is 7.75. The van der Waals surface area contributed by atoms with E-state index in [0.29, 0.717) is 5.92 Å². The van der Waals surface area contributed by atoms with E-state index in [0.717, 1.165) is 23.4 Å². The molecule has 6 aromatic rings. The number of aromatic nitrogens is 1. The lowest BCUT2D eigenvalue weighted by Gasteiger charge is -2.28. The van der Waals surface area contributed by atoms with Gasteiger partial charge in [-0.15, -0.1) is 0 Å². The minimum Gasteiger partial charge on any atom is -0.363 e. The zero-order chi connectivity index (χ0) is 30.8. The molecule has 0 spiro atoms. The molecule has 2 atom stereocenters. The lowest BCUT2D eigenvalue weighted by Crippen LogP contribution is -2.29. The van der Waals surface area contributed by atoms with Gasteiger partial charge in [0.25, 0.3) is 0 Å². The molecule has 0 saturated carbocycles. The van der Waals surface area contributed by atoms with E-state index in [1.807, 2.05) is 0 Å². The predicted octanol–water partition coefficient (Wildman–Crippen LogP) is 10.2. The van der Waals surface area contributed by atoms with Crippen LogP contribution in [-0.2, 0) is 5.41 Å².